The number of benzene rings is 1. The van der Waals surface area contributed by atoms with Crippen molar-refractivity contribution in [2.45, 2.75) is 20.5 Å². The number of carbonyl (C=O) groups is 1. The van der Waals surface area contributed by atoms with Crippen molar-refractivity contribution in [1.29, 1.82) is 0 Å². The number of hydrogen-bond acceptors (Lipinski definition) is 4. The molecule has 1 N–H and O–H groups in total. The smallest absolute Gasteiger partial charge is 0.355 e. The van der Waals surface area contributed by atoms with Gasteiger partial charge in [0.1, 0.15) is 17.4 Å². The maximum absolute atomic E-state index is 10.7. The average Bonchev–Trinajstić information content (AvgIpc) is 2.76. The molecule has 0 saturated carbocycles. The van der Waals surface area contributed by atoms with Crippen LogP contribution in [0.25, 0.3) is 0 Å². The first-order valence-corrected chi connectivity index (χ1v) is 6.32. The van der Waals surface area contributed by atoms with Crippen LogP contribution in [-0.2, 0) is 6.61 Å². The zero-order chi connectivity index (χ0) is 13.1. The molecule has 1 heterocycles. The van der Waals surface area contributed by atoms with Gasteiger partial charge in [-0.1, -0.05) is 17.7 Å². The van der Waals surface area contributed by atoms with E-state index in [1.54, 1.807) is 0 Å². The number of ether oxygens (including phenoxy) is 1. The van der Waals surface area contributed by atoms with E-state index in [9.17, 15) is 4.79 Å². The molecule has 1 aromatic carbocycles. The molecular formula is C13H13NO3S. The quantitative estimate of drug-likeness (QED) is 0.921. The maximum Gasteiger partial charge on any atom is 0.355 e. The summed E-state index contributed by atoms with van der Waals surface area (Å²) in [5.41, 5.74) is 2.31. The molecule has 5 heteroatoms. The summed E-state index contributed by atoms with van der Waals surface area (Å²) in [4.78, 5) is 14.6. The molecule has 0 aliphatic heterocycles. The van der Waals surface area contributed by atoms with Crippen LogP contribution in [0.2, 0.25) is 0 Å². The second-order valence-corrected chi connectivity index (χ2v) is 4.93. The third-order valence-corrected chi connectivity index (χ3v) is 3.27. The Balaban J connectivity index is 2.04. The van der Waals surface area contributed by atoms with Crippen molar-refractivity contribution in [3.63, 3.8) is 0 Å². The van der Waals surface area contributed by atoms with E-state index in [2.05, 4.69) is 4.98 Å². The van der Waals surface area contributed by atoms with Crippen molar-refractivity contribution >= 4 is 17.3 Å². The summed E-state index contributed by atoms with van der Waals surface area (Å²) in [6, 6.07) is 5.93. The van der Waals surface area contributed by atoms with Crippen molar-refractivity contribution in [1.82, 2.24) is 4.98 Å². The number of hydrogen-bond donors (Lipinski definition) is 1. The van der Waals surface area contributed by atoms with E-state index in [1.165, 1.54) is 22.3 Å². The fourth-order valence-electron chi connectivity index (χ4n) is 1.58. The van der Waals surface area contributed by atoms with Gasteiger partial charge in [-0.05, 0) is 25.5 Å². The van der Waals surface area contributed by atoms with Crippen LogP contribution < -0.4 is 4.74 Å². The largest absolute Gasteiger partial charge is 0.486 e. The number of carboxylic acids is 1. The van der Waals surface area contributed by atoms with E-state index in [0.29, 0.717) is 11.6 Å². The topological polar surface area (TPSA) is 59.4 Å². The molecule has 0 spiro atoms. The summed E-state index contributed by atoms with van der Waals surface area (Å²) in [7, 11) is 0. The minimum Gasteiger partial charge on any atom is -0.486 e. The molecule has 0 aliphatic carbocycles. The van der Waals surface area contributed by atoms with Crippen LogP contribution in [0.5, 0.6) is 5.75 Å². The predicted molar refractivity (Wildman–Crippen MR) is 69.3 cm³/mol. The Kier molecular flexibility index (Phi) is 3.62. The van der Waals surface area contributed by atoms with Crippen molar-refractivity contribution in [2.24, 2.45) is 0 Å². The van der Waals surface area contributed by atoms with Gasteiger partial charge in [0.2, 0.25) is 0 Å². The van der Waals surface area contributed by atoms with E-state index >= 15 is 0 Å². The molecule has 2 aromatic rings. The lowest BCUT2D eigenvalue weighted by Crippen LogP contribution is -2.00. The molecule has 1 aromatic heterocycles. The van der Waals surface area contributed by atoms with Gasteiger partial charge < -0.3 is 9.84 Å². The zero-order valence-corrected chi connectivity index (χ0v) is 11.0. The third-order valence-electron chi connectivity index (χ3n) is 2.45. The lowest BCUT2D eigenvalue weighted by Gasteiger charge is -2.07. The number of rotatable bonds is 4. The van der Waals surface area contributed by atoms with Gasteiger partial charge in [-0.3, -0.25) is 0 Å². The summed E-state index contributed by atoms with van der Waals surface area (Å²) >= 11 is 1.29. The van der Waals surface area contributed by atoms with Crippen LogP contribution in [0.3, 0.4) is 0 Å². The van der Waals surface area contributed by atoms with Crippen molar-refractivity contribution in [2.75, 3.05) is 0 Å². The normalized spacial score (nSPS) is 10.3. The highest BCUT2D eigenvalue weighted by Gasteiger charge is 2.09. The Morgan fingerprint density at radius 2 is 2.22 bits per heavy atom. The SMILES string of the molecule is Cc1ccc(OCc2nc(C(=O)O)cs2)c(C)c1. The summed E-state index contributed by atoms with van der Waals surface area (Å²) in [5.74, 6) is -0.211. The van der Waals surface area contributed by atoms with Gasteiger partial charge in [0.15, 0.2) is 5.69 Å². The van der Waals surface area contributed by atoms with Gasteiger partial charge in [-0.15, -0.1) is 11.3 Å². The maximum atomic E-state index is 10.7. The number of nitrogens with zero attached hydrogens (tertiary/aromatic N) is 1. The summed E-state index contributed by atoms with van der Waals surface area (Å²) in [6.45, 7) is 4.30. The highest BCUT2D eigenvalue weighted by atomic mass is 32.1. The molecule has 0 amide bonds. The van der Waals surface area contributed by atoms with Gasteiger partial charge in [0, 0.05) is 5.38 Å². The van der Waals surface area contributed by atoms with Crippen LogP contribution in [0, 0.1) is 13.8 Å². The van der Waals surface area contributed by atoms with Crippen LogP contribution >= 0.6 is 11.3 Å². The highest BCUT2D eigenvalue weighted by molar-refractivity contribution is 7.09. The van der Waals surface area contributed by atoms with Crippen LogP contribution in [0.15, 0.2) is 23.6 Å². The molecule has 18 heavy (non-hydrogen) atoms. The zero-order valence-electron chi connectivity index (χ0n) is 10.1. The fourth-order valence-corrected chi connectivity index (χ4v) is 2.26. The standard InChI is InChI=1S/C13H13NO3S/c1-8-3-4-11(9(2)5-8)17-6-12-14-10(7-18-12)13(15)16/h3-5,7H,6H2,1-2H3,(H,15,16). The van der Waals surface area contributed by atoms with Gasteiger partial charge in [0.25, 0.3) is 0 Å². The van der Waals surface area contributed by atoms with Crippen LogP contribution in [-0.4, -0.2) is 16.1 Å². The number of aryl methyl sites for hydroxylation is 2. The summed E-state index contributed by atoms with van der Waals surface area (Å²) in [6.07, 6.45) is 0. The van der Waals surface area contributed by atoms with Crippen LogP contribution in [0.1, 0.15) is 26.6 Å². The Morgan fingerprint density at radius 3 is 2.83 bits per heavy atom. The first-order valence-electron chi connectivity index (χ1n) is 5.44. The number of aromatic nitrogens is 1. The molecule has 0 unspecified atom stereocenters. The number of aromatic carboxylic acids is 1. The monoisotopic (exact) mass is 263 g/mol. The Morgan fingerprint density at radius 1 is 1.44 bits per heavy atom. The second kappa shape index (κ2) is 5.18. The molecule has 0 aliphatic rings. The van der Waals surface area contributed by atoms with Crippen molar-refractivity contribution in [3.05, 3.63) is 45.4 Å². The lowest BCUT2D eigenvalue weighted by molar-refractivity contribution is 0.0691. The molecule has 0 fully saturated rings. The Labute approximate surface area is 109 Å². The first-order chi connectivity index (χ1) is 8.56. The lowest BCUT2D eigenvalue weighted by atomic mass is 10.1. The summed E-state index contributed by atoms with van der Waals surface area (Å²) < 4.78 is 5.63. The predicted octanol–water partition coefficient (Wildman–Crippen LogP) is 3.04. The Hall–Kier alpha value is -1.88. The minimum atomic E-state index is -1.01. The molecule has 0 atom stereocenters. The van der Waals surface area contributed by atoms with E-state index in [4.69, 9.17) is 9.84 Å². The van der Waals surface area contributed by atoms with Crippen molar-refractivity contribution in [3.8, 4) is 5.75 Å². The molecule has 0 saturated heterocycles. The number of thiazole rings is 1. The van der Waals surface area contributed by atoms with Crippen molar-refractivity contribution < 1.29 is 14.6 Å². The van der Waals surface area contributed by atoms with E-state index in [1.807, 2.05) is 32.0 Å². The molecule has 2 rings (SSSR count). The van der Waals surface area contributed by atoms with Gasteiger partial charge in [-0.2, -0.15) is 0 Å². The molecule has 94 valence electrons. The first kappa shape index (κ1) is 12.6. The van der Waals surface area contributed by atoms with E-state index in [-0.39, 0.29) is 5.69 Å². The molecular weight excluding hydrogens is 250 g/mol. The second-order valence-electron chi connectivity index (χ2n) is 3.99. The van der Waals surface area contributed by atoms with E-state index in [0.717, 1.165) is 11.3 Å². The minimum absolute atomic E-state index is 0.0687. The third kappa shape index (κ3) is 2.87. The Bertz CT molecular complexity index is 577. The van der Waals surface area contributed by atoms with Crippen LogP contribution in [0.4, 0.5) is 0 Å². The van der Waals surface area contributed by atoms with Gasteiger partial charge in [-0.25, -0.2) is 9.78 Å². The van der Waals surface area contributed by atoms with E-state index < -0.39 is 5.97 Å². The fraction of sp³-hybridized carbons (Fsp3) is 0.231. The number of carboxylic acid groups (broad SMARTS) is 1. The van der Waals surface area contributed by atoms with Gasteiger partial charge in [0.05, 0.1) is 0 Å². The van der Waals surface area contributed by atoms with Gasteiger partial charge >= 0.3 is 5.97 Å². The highest BCUT2D eigenvalue weighted by Crippen LogP contribution is 2.20. The average molecular weight is 263 g/mol. The molecule has 0 bridgehead atoms. The molecule has 0 radical (unpaired) electrons. The molecule has 4 nitrogen and oxygen atoms in total. The summed E-state index contributed by atoms with van der Waals surface area (Å²) in [5, 5.41) is 10.9.